The third kappa shape index (κ3) is 5.18. The highest BCUT2D eigenvalue weighted by molar-refractivity contribution is 7.91. The largest absolute Gasteiger partial charge is 0.379 e. The number of anilines is 2. The highest BCUT2D eigenvalue weighted by Gasteiger charge is 2.45. The summed E-state index contributed by atoms with van der Waals surface area (Å²) in [6, 6.07) is 12.7. The number of carbonyl (C=O) groups excluding carboxylic acids is 1. The number of hydrogen-bond donors (Lipinski definition) is 1. The van der Waals surface area contributed by atoms with Gasteiger partial charge in [0, 0.05) is 29.9 Å². The summed E-state index contributed by atoms with van der Waals surface area (Å²) in [5.41, 5.74) is 3.44. The van der Waals surface area contributed by atoms with E-state index < -0.39 is 9.84 Å². The summed E-state index contributed by atoms with van der Waals surface area (Å²) in [7, 11) is -3.46. The van der Waals surface area contributed by atoms with Gasteiger partial charge < -0.3 is 15.0 Å². The maximum atomic E-state index is 13.5. The van der Waals surface area contributed by atoms with Crippen molar-refractivity contribution in [2.24, 2.45) is 10.8 Å². The fourth-order valence-electron chi connectivity index (χ4n) is 5.45. The molecule has 0 unspecified atom stereocenters. The average Bonchev–Trinajstić information content (AvgIpc) is 3.55. The zero-order chi connectivity index (χ0) is 25.8. The molecule has 7 heteroatoms. The van der Waals surface area contributed by atoms with Crippen molar-refractivity contribution >= 4 is 27.1 Å². The number of nitrogens with zero attached hydrogens (tertiary/aromatic N) is 1. The molecule has 1 N–H and O–H groups in total. The number of rotatable bonds is 6. The van der Waals surface area contributed by atoms with Gasteiger partial charge >= 0.3 is 0 Å². The van der Waals surface area contributed by atoms with Crippen LogP contribution in [0.3, 0.4) is 0 Å². The van der Waals surface area contributed by atoms with E-state index in [9.17, 15) is 13.2 Å². The molecule has 1 saturated carbocycles. The maximum Gasteiger partial charge on any atom is 0.257 e. The van der Waals surface area contributed by atoms with Crippen molar-refractivity contribution in [3.63, 3.8) is 0 Å². The lowest BCUT2D eigenvalue weighted by atomic mass is 9.80. The minimum absolute atomic E-state index is 0.0208. The van der Waals surface area contributed by atoms with Crippen LogP contribution in [0.5, 0.6) is 0 Å². The number of nitrogens with one attached hydrogen (secondary N) is 1. The fraction of sp³-hybridized carbons (Fsp3) is 0.552. The van der Waals surface area contributed by atoms with Gasteiger partial charge in [0.15, 0.2) is 9.84 Å². The minimum atomic E-state index is -3.46. The van der Waals surface area contributed by atoms with E-state index in [1.165, 1.54) is 31.2 Å². The molecule has 3 fully saturated rings. The molecule has 3 aliphatic rings. The summed E-state index contributed by atoms with van der Waals surface area (Å²) in [6.07, 6.45) is 5.01. The van der Waals surface area contributed by atoms with Crippen LogP contribution in [-0.4, -0.2) is 46.4 Å². The molecule has 0 bridgehead atoms. The smallest absolute Gasteiger partial charge is 0.257 e. The molecule has 0 aromatic heterocycles. The highest BCUT2D eigenvalue weighted by atomic mass is 32.2. The first-order valence-corrected chi connectivity index (χ1v) is 14.7. The molecule has 1 spiro atoms. The molecule has 5 rings (SSSR count). The van der Waals surface area contributed by atoms with E-state index in [2.05, 4.69) is 23.2 Å². The lowest BCUT2D eigenvalue weighted by molar-refractivity contribution is -0.0499. The van der Waals surface area contributed by atoms with Gasteiger partial charge in [-0.2, -0.15) is 0 Å². The number of ether oxygens (including phenoxy) is 1. The molecular weight excluding hydrogens is 472 g/mol. The predicted molar refractivity (Wildman–Crippen MR) is 144 cm³/mol. The zero-order valence-corrected chi connectivity index (χ0v) is 22.7. The molecule has 6 nitrogen and oxygen atoms in total. The van der Waals surface area contributed by atoms with Gasteiger partial charge in [0.1, 0.15) is 0 Å². The van der Waals surface area contributed by atoms with Crippen LogP contribution in [0.2, 0.25) is 0 Å². The molecule has 1 aliphatic carbocycles. The molecule has 0 atom stereocenters. The monoisotopic (exact) mass is 510 g/mol. The Morgan fingerprint density at radius 3 is 2.31 bits per heavy atom. The van der Waals surface area contributed by atoms with Crippen LogP contribution < -0.4 is 10.2 Å². The molecule has 2 saturated heterocycles. The predicted octanol–water partition coefficient (Wildman–Crippen LogP) is 5.43. The summed E-state index contributed by atoms with van der Waals surface area (Å²) in [6.45, 7) is 11.2. The molecule has 1 amide bonds. The average molecular weight is 511 g/mol. The minimum Gasteiger partial charge on any atom is -0.379 e. The lowest BCUT2D eigenvalue weighted by Gasteiger charge is -2.40. The van der Waals surface area contributed by atoms with Crippen LogP contribution >= 0.6 is 0 Å². The first-order valence-electron chi connectivity index (χ1n) is 13.0. The van der Waals surface area contributed by atoms with Gasteiger partial charge in [-0.3, -0.25) is 4.79 Å². The molecular formula is C29H38N2O4S. The van der Waals surface area contributed by atoms with Crippen LogP contribution in [-0.2, 0) is 20.0 Å². The number of sulfone groups is 1. The number of carbonyl (C=O) groups is 1. The SMILES string of the molecule is CC(C)(C)CS(=O)(=O)c1cccc(NC(=O)c2ccc(C3(C)COC3)cc2N2CCC3(CC2)CC3)c1. The van der Waals surface area contributed by atoms with E-state index in [0.717, 1.165) is 18.8 Å². The van der Waals surface area contributed by atoms with Crippen molar-refractivity contribution in [3.8, 4) is 0 Å². The summed E-state index contributed by atoms with van der Waals surface area (Å²) >= 11 is 0. The summed E-state index contributed by atoms with van der Waals surface area (Å²) in [5, 5.41) is 2.97. The Kier molecular flexibility index (Phi) is 6.23. The Morgan fingerprint density at radius 2 is 1.72 bits per heavy atom. The van der Waals surface area contributed by atoms with Crippen molar-refractivity contribution < 1.29 is 17.9 Å². The van der Waals surface area contributed by atoms with E-state index in [1.807, 2.05) is 32.9 Å². The maximum absolute atomic E-state index is 13.5. The van der Waals surface area contributed by atoms with E-state index >= 15 is 0 Å². The molecule has 2 aromatic rings. The number of benzene rings is 2. The van der Waals surface area contributed by atoms with Gasteiger partial charge in [-0.15, -0.1) is 0 Å². The van der Waals surface area contributed by atoms with Crippen molar-refractivity contribution in [1.29, 1.82) is 0 Å². The number of hydrogen-bond acceptors (Lipinski definition) is 5. The van der Waals surface area contributed by atoms with Gasteiger partial charge in [-0.25, -0.2) is 8.42 Å². The Morgan fingerprint density at radius 1 is 1.03 bits per heavy atom. The van der Waals surface area contributed by atoms with Crippen LogP contribution in [0.25, 0.3) is 0 Å². The Hall–Kier alpha value is -2.38. The molecule has 2 aliphatic heterocycles. The van der Waals surface area contributed by atoms with Crippen LogP contribution in [0.4, 0.5) is 11.4 Å². The van der Waals surface area contributed by atoms with Crippen LogP contribution in [0.1, 0.15) is 69.3 Å². The van der Waals surface area contributed by atoms with Gasteiger partial charge in [-0.1, -0.05) is 39.8 Å². The van der Waals surface area contributed by atoms with E-state index in [1.54, 1.807) is 24.3 Å². The Labute approximate surface area is 215 Å². The van der Waals surface area contributed by atoms with Crippen molar-refractivity contribution in [1.82, 2.24) is 0 Å². The molecule has 0 radical (unpaired) electrons. The third-order valence-electron chi connectivity index (χ3n) is 7.98. The summed E-state index contributed by atoms with van der Waals surface area (Å²) in [4.78, 5) is 16.1. The normalized spacial score (nSPS) is 20.6. The highest BCUT2D eigenvalue weighted by Crippen LogP contribution is 2.54. The van der Waals surface area contributed by atoms with Gasteiger partial charge in [0.05, 0.1) is 29.4 Å². The molecule has 2 heterocycles. The second kappa shape index (κ2) is 8.88. The summed E-state index contributed by atoms with van der Waals surface area (Å²) < 4.78 is 31.3. The van der Waals surface area contributed by atoms with Crippen molar-refractivity contribution in [2.45, 2.75) is 63.7 Å². The third-order valence-corrected chi connectivity index (χ3v) is 10.2. The van der Waals surface area contributed by atoms with E-state index in [-0.39, 0.29) is 27.4 Å². The number of piperidine rings is 1. The van der Waals surface area contributed by atoms with Gasteiger partial charge in [0.25, 0.3) is 5.91 Å². The van der Waals surface area contributed by atoms with Gasteiger partial charge in [0.2, 0.25) is 0 Å². The first-order chi connectivity index (χ1) is 16.9. The molecule has 194 valence electrons. The van der Waals surface area contributed by atoms with E-state index in [0.29, 0.717) is 29.9 Å². The Balaban J connectivity index is 1.41. The lowest BCUT2D eigenvalue weighted by Crippen LogP contribution is -2.44. The molecule has 2 aromatic carbocycles. The fourth-order valence-corrected chi connectivity index (χ4v) is 7.35. The van der Waals surface area contributed by atoms with Crippen LogP contribution in [0, 0.1) is 10.8 Å². The van der Waals surface area contributed by atoms with Crippen molar-refractivity contribution in [3.05, 3.63) is 53.6 Å². The first kappa shape index (κ1) is 25.3. The Bertz CT molecular complexity index is 1260. The van der Waals surface area contributed by atoms with Gasteiger partial charge in [-0.05, 0) is 72.4 Å². The van der Waals surface area contributed by atoms with E-state index in [4.69, 9.17) is 4.74 Å². The zero-order valence-electron chi connectivity index (χ0n) is 21.9. The number of amides is 1. The second-order valence-corrected chi connectivity index (χ2v) is 14.6. The topological polar surface area (TPSA) is 75.7 Å². The molecule has 36 heavy (non-hydrogen) atoms. The second-order valence-electron chi connectivity index (χ2n) is 12.6. The summed E-state index contributed by atoms with van der Waals surface area (Å²) in [5.74, 6) is -0.175. The quantitative estimate of drug-likeness (QED) is 0.561. The van der Waals surface area contributed by atoms with Crippen molar-refractivity contribution in [2.75, 3.05) is 42.3 Å². The van der Waals surface area contributed by atoms with Crippen LogP contribution in [0.15, 0.2) is 47.4 Å². The standard InChI is InChI=1S/C29H38N2O4S/c1-27(2,3)20-36(33,34)23-7-5-6-22(17-23)30-26(32)24-9-8-21(28(4)18-35-19-28)16-25(24)31-14-12-29(10-11-29)13-15-31/h5-9,16-17H,10-15,18-20H2,1-4H3,(H,30,32).